The second-order valence-corrected chi connectivity index (χ2v) is 11.0. The van der Waals surface area contributed by atoms with Crippen molar-refractivity contribution in [3.8, 4) is 28.3 Å². The third-order valence-corrected chi connectivity index (χ3v) is 8.22. The van der Waals surface area contributed by atoms with Gasteiger partial charge in [-0.05, 0) is 30.5 Å². The number of aromatic nitrogens is 2. The quantitative estimate of drug-likeness (QED) is 0.465. The van der Waals surface area contributed by atoms with E-state index in [1.807, 2.05) is 5.38 Å². The highest BCUT2D eigenvalue weighted by Crippen LogP contribution is 2.46. The van der Waals surface area contributed by atoms with Crippen LogP contribution in [0.3, 0.4) is 0 Å². The average Bonchev–Trinajstić information content (AvgIpc) is 3.48. The molecule has 0 radical (unpaired) electrons. The molecule has 1 fully saturated rings. The van der Waals surface area contributed by atoms with E-state index >= 15 is 0 Å². The Hall–Kier alpha value is -3.02. The van der Waals surface area contributed by atoms with Crippen LogP contribution in [0.4, 0.5) is 0 Å². The lowest BCUT2D eigenvalue weighted by molar-refractivity contribution is 0.0694. The van der Waals surface area contributed by atoms with Gasteiger partial charge < -0.3 is 19.1 Å². The molecule has 1 N–H and O–H groups in total. The van der Waals surface area contributed by atoms with Crippen LogP contribution >= 0.6 is 11.3 Å². The van der Waals surface area contributed by atoms with Gasteiger partial charge in [-0.3, -0.25) is 4.79 Å². The number of hydrogen-bond acceptors (Lipinski definition) is 8. The van der Waals surface area contributed by atoms with Gasteiger partial charge in [-0.1, -0.05) is 0 Å². The van der Waals surface area contributed by atoms with Gasteiger partial charge in [-0.15, -0.1) is 11.3 Å². The van der Waals surface area contributed by atoms with E-state index in [1.54, 1.807) is 18.7 Å². The van der Waals surface area contributed by atoms with E-state index in [0.29, 0.717) is 53.5 Å². The lowest BCUT2D eigenvalue weighted by atomic mass is 9.99. The first-order valence-electron chi connectivity index (χ1n) is 10.7. The van der Waals surface area contributed by atoms with Gasteiger partial charge in [0.05, 0.1) is 34.2 Å². The number of benzene rings is 1. The molecule has 1 aromatic carbocycles. The number of ether oxygens (including phenoxy) is 2. The Bertz CT molecular complexity index is 1440. The monoisotopic (exact) mass is 502 g/mol. The van der Waals surface area contributed by atoms with E-state index in [0.717, 1.165) is 12.8 Å². The SMILES string of the molecule is COCCCOc1cc2c(cc1-c1cscn1)-c1c(cc(C(=O)O)c(=O)n1C1CC1)CS2(=O)=O. The zero-order valence-corrected chi connectivity index (χ0v) is 19.9. The molecule has 178 valence electrons. The van der Waals surface area contributed by atoms with E-state index in [2.05, 4.69) is 4.98 Å². The molecule has 0 spiro atoms. The molecule has 3 aromatic rings. The van der Waals surface area contributed by atoms with Crippen molar-refractivity contribution < 1.29 is 27.8 Å². The number of carboxylic acid groups (broad SMARTS) is 1. The van der Waals surface area contributed by atoms with E-state index in [9.17, 15) is 23.1 Å². The molecule has 1 aliphatic carbocycles. The fourth-order valence-electron chi connectivity index (χ4n) is 4.27. The van der Waals surface area contributed by atoms with Gasteiger partial charge in [-0.25, -0.2) is 18.2 Å². The maximum atomic E-state index is 13.3. The first-order chi connectivity index (χ1) is 16.3. The standard InChI is InChI=1S/C23H22N2O7S2/c1-31-5-2-6-32-19-9-20-16(8-15(19)18-10-33-12-24-18)21-13(11-34(20,29)30)7-17(23(27)28)22(26)25(21)14-3-4-14/h7-10,12,14H,2-6,11H2,1H3,(H,27,28). The van der Waals surface area contributed by atoms with Crippen molar-refractivity contribution in [2.24, 2.45) is 0 Å². The van der Waals surface area contributed by atoms with Crippen LogP contribution in [0.1, 0.15) is 41.2 Å². The Morgan fingerprint density at radius 3 is 2.68 bits per heavy atom. The number of carboxylic acids is 1. The fraction of sp³-hybridized carbons (Fsp3) is 0.348. The number of carbonyl (C=O) groups is 1. The van der Waals surface area contributed by atoms with Gasteiger partial charge in [0.15, 0.2) is 9.84 Å². The normalized spacial score (nSPS) is 16.0. The van der Waals surface area contributed by atoms with Crippen LogP contribution in [0.5, 0.6) is 5.75 Å². The zero-order valence-electron chi connectivity index (χ0n) is 18.3. The first-order valence-corrected chi connectivity index (χ1v) is 13.3. The Morgan fingerprint density at radius 2 is 2.03 bits per heavy atom. The van der Waals surface area contributed by atoms with Crippen LogP contribution in [0.15, 0.2) is 38.8 Å². The number of fused-ring (bicyclic) bond motifs is 3. The summed E-state index contributed by atoms with van der Waals surface area (Å²) in [6, 6.07) is 4.26. The van der Waals surface area contributed by atoms with Crippen LogP contribution in [0.2, 0.25) is 0 Å². The summed E-state index contributed by atoms with van der Waals surface area (Å²) in [5, 5.41) is 11.4. The summed E-state index contributed by atoms with van der Waals surface area (Å²) in [6.07, 6.45) is 2.09. The summed E-state index contributed by atoms with van der Waals surface area (Å²) in [6.45, 7) is 0.831. The van der Waals surface area contributed by atoms with Crippen molar-refractivity contribution in [2.45, 2.75) is 36.0 Å². The Balaban J connectivity index is 1.76. The highest BCUT2D eigenvalue weighted by atomic mass is 32.2. The molecule has 3 heterocycles. The molecule has 5 rings (SSSR count). The van der Waals surface area contributed by atoms with Gasteiger partial charge in [-0.2, -0.15) is 0 Å². The van der Waals surface area contributed by atoms with Gasteiger partial charge in [0, 0.05) is 48.8 Å². The topological polar surface area (TPSA) is 125 Å². The number of aromatic carboxylic acids is 1. The summed E-state index contributed by atoms with van der Waals surface area (Å²) >= 11 is 1.40. The van der Waals surface area contributed by atoms with Gasteiger partial charge >= 0.3 is 5.97 Å². The number of thiazole rings is 1. The van der Waals surface area contributed by atoms with Crippen LogP contribution in [-0.4, -0.2) is 49.4 Å². The largest absolute Gasteiger partial charge is 0.493 e. The number of methoxy groups -OCH3 is 1. The minimum atomic E-state index is -3.81. The Kier molecular flexibility index (Phi) is 5.78. The first kappa shape index (κ1) is 22.8. The van der Waals surface area contributed by atoms with Crippen LogP contribution in [0.25, 0.3) is 22.5 Å². The molecule has 0 saturated heterocycles. The molecule has 1 aliphatic heterocycles. The summed E-state index contributed by atoms with van der Waals surface area (Å²) in [5.41, 5.74) is 3.02. The number of sulfone groups is 1. The summed E-state index contributed by atoms with van der Waals surface area (Å²) < 4.78 is 39.1. The molecule has 0 atom stereocenters. The fourth-order valence-corrected chi connectivity index (χ4v) is 6.39. The van der Waals surface area contributed by atoms with E-state index < -0.39 is 26.9 Å². The van der Waals surface area contributed by atoms with Crippen LogP contribution in [0, 0.1) is 0 Å². The molecule has 11 heteroatoms. The van der Waals surface area contributed by atoms with Crippen molar-refractivity contribution in [1.29, 1.82) is 0 Å². The van der Waals surface area contributed by atoms with Gasteiger partial charge in [0.25, 0.3) is 5.56 Å². The molecular formula is C23H22N2O7S2. The summed E-state index contributed by atoms with van der Waals surface area (Å²) in [5.74, 6) is -1.37. The minimum Gasteiger partial charge on any atom is -0.493 e. The Labute approximate surface area is 199 Å². The molecule has 0 unspecified atom stereocenters. The molecule has 0 amide bonds. The summed E-state index contributed by atoms with van der Waals surface area (Å²) in [7, 11) is -2.21. The van der Waals surface area contributed by atoms with Crippen molar-refractivity contribution in [3.63, 3.8) is 0 Å². The summed E-state index contributed by atoms with van der Waals surface area (Å²) in [4.78, 5) is 29.3. The zero-order chi connectivity index (χ0) is 24.0. The van der Waals surface area contributed by atoms with E-state index in [-0.39, 0.29) is 16.7 Å². The third-order valence-electron chi connectivity index (χ3n) is 5.93. The highest BCUT2D eigenvalue weighted by molar-refractivity contribution is 7.90. The Morgan fingerprint density at radius 1 is 1.24 bits per heavy atom. The average molecular weight is 503 g/mol. The lowest BCUT2D eigenvalue weighted by Gasteiger charge is -2.26. The predicted molar refractivity (Wildman–Crippen MR) is 125 cm³/mol. The maximum Gasteiger partial charge on any atom is 0.341 e. The van der Waals surface area contributed by atoms with Crippen LogP contribution in [-0.2, 0) is 20.3 Å². The van der Waals surface area contributed by atoms with Crippen molar-refractivity contribution in [3.05, 3.63) is 50.6 Å². The van der Waals surface area contributed by atoms with Gasteiger partial charge in [0.2, 0.25) is 0 Å². The van der Waals surface area contributed by atoms with E-state index in [1.165, 1.54) is 28.0 Å². The molecular weight excluding hydrogens is 480 g/mol. The van der Waals surface area contributed by atoms with Crippen molar-refractivity contribution in [2.75, 3.05) is 20.3 Å². The number of pyridine rings is 1. The van der Waals surface area contributed by atoms with Gasteiger partial charge in [0.1, 0.15) is 11.3 Å². The second kappa shape index (κ2) is 8.64. The smallest absolute Gasteiger partial charge is 0.341 e. The lowest BCUT2D eigenvalue weighted by Crippen LogP contribution is -2.30. The molecule has 1 saturated carbocycles. The number of rotatable bonds is 8. The molecule has 9 nitrogen and oxygen atoms in total. The minimum absolute atomic E-state index is 0.0672. The predicted octanol–water partition coefficient (Wildman–Crippen LogP) is 3.37. The number of hydrogen-bond donors (Lipinski definition) is 1. The third kappa shape index (κ3) is 3.93. The molecule has 2 aromatic heterocycles. The van der Waals surface area contributed by atoms with Crippen molar-refractivity contribution in [1.82, 2.24) is 9.55 Å². The van der Waals surface area contributed by atoms with Crippen LogP contribution < -0.4 is 10.3 Å². The van der Waals surface area contributed by atoms with E-state index in [4.69, 9.17) is 9.47 Å². The van der Waals surface area contributed by atoms with Crippen molar-refractivity contribution >= 4 is 27.1 Å². The second-order valence-electron chi connectivity index (χ2n) is 8.32. The highest BCUT2D eigenvalue weighted by Gasteiger charge is 2.37. The maximum absolute atomic E-state index is 13.3. The number of nitrogens with zero attached hydrogens (tertiary/aromatic N) is 2. The molecule has 2 aliphatic rings. The molecule has 34 heavy (non-hydrogen) atoms. The molecule has 0 bridgehead atoms.